The van der Waals surface area contributed by atoms with E-state index >= 15 is 0 Å². The molecule has 1 saturated heterocycles. The molecule has 2 heterocycles. The first-order chi connectivity index (χ1) is 9.88. The molecule has 3 rings (SSSR count). The molecule has 1 fully saturated rings. The third-order valence-corrected chi connectivity index (χ3v) is 3.83. The van der Waals surface area contributed by atoms with Crippen molar-refractivity contribution < 1.29 is 0 Å². The fourth-order valence-corrected chi connectivity index (χ4v) is 2.74. The molecule has 1 aliphatic heterocycles. The van der Waals surface area contributed by atoms with Crippen LogP contribution in [0.2, 0.25) is 0 Å². The standard InChI is InChI=1S/C16H18N4/c17-9-12-10-19-15-7-2-1-6-14(15)16(12)20-11-13-5-3-4-8-18-13/h1-2,6-7,10,13,18H,3-5,8,11H2,(H,19,20). The maximum atomic E-state index is 9.27. The molecule has 0 spiro atoms. The number of fused-ring (bicyclic) bond motifs is 1. The van der Waals surface area contributed by atoms with E-state index in [-0.39, 0.29) is 0 Å². The van der Waals surface area contributed by atoms with Crippen LogP contribution in [0.5, 0.6) is 0 Å². The van der Waals surface area contributed by atoms with Crippen molar-refractivity contribution in [3.8, 4) is 6.07 Å². The predicted octanol–water partition coefficient (Wildman–Crippen LogP) is 2.66. The van der Waals surface area contributed by atoms with E-state index in [2.05, 4.69) is 21.7 Å². The molecule has 20 heavy (non-hydrogen) atoms. The Balaban J connectivity index is 1.87. The van der Waals surface area contributed by atoms with Crippen LogP contribution in [-0.2, 0) is 0 Å². The van der Waals surface area contributed by atoms with Crippen LogP contribution < -0.4 is 10.6 Å². The quantitative estimate of drug-likeness (QED) is 0.896. The van der Waals surface area contributed by atoms with Gasteiger partial charge in [0.15, 0.2) is 0 Å². The van der Waals surface area contributed by atoms with Crippen LogP contribution in [0.3, 0.4) is 0 Å². The first-order valence-electron chi connectivity index (χ1n) is 7.13. The monoisotopic (exact) mass is 266 g/mol. The van der Waals surface area contributed by atoms with Crippen molar-refractivity contribution in [2.45, 2.75) is 25.3 Å². The number of piperidine rings is 1. The van der Waals surface area contributed by atoms with E-state index in [1.165, 1.54) is 19.3 Å². The summed E-state index contributed by atoms with van der Waals surface area (Å²) >= 11 is 0. The summed E-state index contributed by atoms with van der Waals surface area (Å²) in [5, 5.41) is 17.3. The maximum Gasteiger partial charge on any atom is 0.103 e. The summed E-state index contributed by atoms with van der Waals surface area (Å²) in [6, 6.07) is 10.7. The normalized spacial score (nSPS) is 18.6. The smallest absolute Gasteiger partial charge is 0.103 e. The van der Waals surface area contributed by atoms with Gasteiger partial charge in [0.2, 0.25) is 0 Å². The summed E-state index contributed by atoms with van der Waals surface area (Å²) < 4.78 is 0. The van der Waals surface area contributed by atoms with Crippen molar-refractivity contribution in [2.24, 2.45) is 0 Å². The third kappa shape index (κ3) is 2.59. The summed E-state index contributed by atoms with van der Waals surface area (Å²) in [6.45, 7) is 1.94. The Kier molecular flexibility index (Phi) is 3.80. The largest absolute Gasteiger partial charge is 0.382 e. The van der Waals surface area contributed by atoms with Crippen LogP contribution in [0.15, 0.2) is 30.5 Å². The molecule has 2 N–H and O–H groups in total. The molecule has 0 amide bonds. The number of para-hydroxylation sites is 1. The van der Waals surface area contributed by atoms with Gasteiger partial charge in [0.25, 0.3) is 0 Å². The summed E-state index contributed by atoms with van der Waals surface area (Å²) in [5.74, 6) is 0. The summed E-state index contributed by atoms with van der Waals surface area (Å²) in [4.78, 5) is 4.33. The second-order valence-corrected chi connectivity index (χ2v) is 5.20. The summed E-state index contributed by atoms with van der Waals surface area (Å²) in [6.07, 6.45) is 5.39. The van der Waals surface area contributed by atoms with Crippen molar-refractivity contribution in [3.05, 3.63) is 36.0 Å². The molecule has 0 aliphatic carbocycles. The highest BCUT2D eigenvalue weighted by molar-refractivity contribution is 5.93. The van der Waals surface area contributed by atoms with E-state index in [0.717, 1.165) is 29.7 Å². The molecular weight excluding hydrogens is 248 g/mol. The van der Waals surface area contributed by atoms with E-state index < -0.39 is 0 Å². The summed E-state index contributed by atoms with van der Waals surface area (Å²) in [7, 11) is 0. The molecule has 1 aromatic heterocycles. The van der Waals surface area contributed by atoms with E-state index in [9.17, 15) is 5.26 Å². The molecule has 1 unspecified atom stereocenters. The molecule has 0 bridgehead atoms. The van der Waals surface area contributed by atoms with Gasteiger partial charge in [-0.1, -0.05) is 24.6 Å². The lowest BCUT2D eigenvalue weighted by molar-refractivity contribution is 0.414. The van der Waals surface area contributed by atoms with Gasteiger partial charge < -0.3 is 10.6 Å². The van der Waals surface area contributed by atoms with Crippen LogP contribution in [0.1, 0.15) is 24.8 Å². The van der Waals surface area contributed by atoms with Gasteiger partial charge in [0.05, 0.1) is 16.8 Å². The van der Waals surface area contributed by atoms with Gasteiger partial charge in [-0.15, -0.1) is 0 Å². The Bertz CT molecular complexity index is 638. The Morgan fingerprint density at radius 2 is 2.25 bits per heavy atom. The van der Waals surface area contributed by atoms with Gasteiger partial charge in [-0.25, -0.2) is 0 Å². The van der Waals surface area contributed by atoms with Gasteiger partial charge in [-0.3, -0.25) is 4.98 Å². The zero-order valence-electron chi connectivity index (χ0n) is 11.4. The highest BCUT2D eigenvalue weighted by atomic mass is 15.0. The first kappa shape index (κ1) is 12.9. The number of aromatic nitrogens is 1. The first-order valence-corrected chi connectivity index (χ1v) is 7.13. The highest BCUT2D eigenvalue weighted by Crippen LogP contribution is 2.25. The molecule has 1 aliphatic rings. The second-order valence-electron chi connectivity index (χ2n) is 5.20. The number of pyridine rings is 1. The molecule has 2 aromatic rings. The molecule has 1 aromatic carbocycles. The molecule has 0 radical (unpaired) electrons. The van der Waals surface area contributed by atoms with Crippen LogP contribution >= 0.6 is 0 Å². The second kappa shape index (κ2) is 5.89. The van der Waals surface area contributed by atoms with E-state index in [4.69, 9.17) is 0 Å². The minimum absolute atomic E-state index is 0.488. The topological polar surface area (TPSA) is 60.7 Å². The van der Waals surface area contributed by atoms with Gasteiger partial charge in [0, 0.05) is 24.2 Å². The summed E-state index contributed by atoms with van der Waals surface area (Å²) in [5.41, 5.74) is 2.44. The van der Waals surface area contributed by atoms with Crippen molar-refractivity contribution >= 4 is 16.6 Å². The van der Waals surface area contributed by atoms with Crippen LogP contribution in [0.4, 0.5) is 5.69 Å². The number of hydrogen-bond donors (Lipinski definition) is 2. The molecule has 1 atom stereocenters. The number of nitrogens with zero attached hydrogens (tertiary/aromatic N) is 2. The number of rotatable bonds is 3. The van der Waals surface area contributed by atoms with Crippen LogP contribution in [0, 0.1) is 11.3 Å². The SMILES string of the molecule is N#Cc1cnc2ccccc2c1NCC1CCCCN1. The Morgan fingerprint density at radius 3 is 3.05 bits per heavy atom. The zero-order chi connectivity index (χ0) is 13.8. The van der Waals surface area contributed by atoms with E-state index in [1.807, 2.05) is 24.3 Å². The lowest BCUT2D eigenvalue weighted by Crippen LogP contribution is -2.39. The number of nitriles is 1. The average molecular weight is 266 g/mol. The Morgan fingerprint density at radius 1 is 1.35 bits per heavy atom. The molecule has 0 saturated carbocycles. The minimum atomic E-state index is 0.488. The number of nitrogens with one attached hydrogen (secondary N) is 2. The van der Waals surface area contributed by atoms with Crippen LogP contribution in [-0.4, -0.2) is 24.1 Å². The Hall–Kier alpha value is -2.12. The number of hydrogen-bond acceptors (Lipinski definition) is 4. The third-order valence-electron chi connectivity index (χ3n) is 3.83. The van der Waals surface area contributed by atoms with Crippen molar-refractivity contribution in [1.29, 1.82) is 5.26 Å². The lowest BCUT2D eigenvalue weighted by atomic mass is 10.0. The molecule has 4 nitrogen and oxygen atoms in total. The van der Waals surface area contributed by atoms with Gasteiger partial charge in [-0.05, 0) is 25.5 Å². The van der Waals surface area contributed by atoms with Gasteiger partial charge in [-0.2, -0.15) is 5.26 Å². The fraction of sp³-hybridized carbons (Fsp3) is 0.375. The van der Waals surface area contributed by atoms with Crippen molar-refractivity contribution in [2.75, 3.05) is 18.4 Å². The van der Waals surface area contributed by atoms with Crippen molar-refractivity contribution in [1.82, 2.24) is 10.3 Å². The molecule has 102 valence electrons. The minimum Gasteiger partial charge on any atom is -0.382 e. The average Bonchev–Trinajstić information content (AvgIpc) is 2.53. The lowest BCUT2D eigenvalue weighted by Gasteiger charge is -2.24. The zero-order valence-corrected chi connectivity index (χ0v) is 11.4. The van der Waals surface area contributed by atoms with Crippen LogP contribution in [0.25, 0.3) is 10.9 Å². The van der Waals surface area contributed by atoms with E-state index in [0.29, 0.717) is 11.6 Å². The number of anilines is 1. The fourth-order valence-electron chi connectivity index (χ4n) is 2.74. The maximum absolute atomic E-state index is 9.27. The predicted molar refractivity (Wildman–Crippen MR) is 80.6 cm³/mol. The molecular formula is C16H18N4. The molecule has 4 heteroatoms. The van der Waals surface area contributed by atoms with Crippen molar-refractivity contribution in [3.63, 3.8) is 0 Å². The Labute approximate surface area is 118 Å². The van der Waals surface area contributed by atoms with E-state index in [1.54, 1.807) is 6.20 Å². The van der Waals surface area contributed by atoms with Gasteiger partial charge in [0.1, 0.15) is 6.07 Å². The number of benzene rings is 1. The van der Waals surface area contributed by atoms with Gasteiger partial charge >= 0.3 is 0 Å². The highest BCUT2D eigenvalue weighted by Gasteiger charge is 2.14.